The number of benzene rings is 2. The van der Waals surface area contributed by atoms with Crippen molar-refractivity contribution in [3.63, 3.8) is 0 Å². The van der Waals surface area contributed by atoms with Crippen LogP contribution in [0.1, 0.15) is 30.9 Å². The Labute approximate surface area is 204 Å². The molecular weight excluding hydrogens is 475 g/mol. The lowest BCUT2D eigenvalue weighted by Crippen LogP contribution is -2.18. The van der Waals surface area contributed by atoms with Crippen molar-refractivity contribution in [3.05, 3.63) is 84.2 Å². The summed E-state index contributed by atoms with van der Waals surface area (Å²) in [7, 11) is 0. The van der Waals surface area contributed by atoms with E-state index in [4.69, 9.17) is 0 Å². The number of halogens is 3. The molecule has 2 aromatic heterocycles. The molecule has 180 valence electrons. The summed E-state index contributed by atoms with van der Waals surface area (Å²) in [6.45, 7) is 4.15. The highest BCUT2D eigenvalue weighted by atomic mass is 32.2. The van der Waals surface area contributed by atoms with Gasteiger partial charge in [-0.15, -0.1) is 10.2 Å². The number of thioether (sulfide) groups is 1. The van der Waals surface area contributed by atoms with Gasteiger partial charge in [0.1, 0.15) is 0 Å². The van der Waals surface area contributed by atoms with Gasteiger partial charge in [-0.25, -0.2) is 0 Å². The highest BCUT2D eigenvalue weighted by Crippen LogP contribution is 2.35. The molecule has 0 spiro atoms. The average molecular weight is 498 g/mol. The van der Waals surface area contributed by atoms with Crippen LogP contribution in [0.5, 0.6) is 0 Å². The van der Waals surface area contributed by atoms with E-state index in [0.717, 1.165) is 34.6 Å². The third-order valence-corrected chi connectivity index (χ3v) is 6.12. The summed E-state index contributed by atoms with van der Waals surface area (Å²) in [4.78, 5) is 16.8. The number of nitrogens with zero attached hydrogens (tertiary/aromatic N) is 4. The summed E-state index contributed by atoms with van der Waals surface area (Å²) in [5.74, 6) is 0.0227. The van der Waals surface area contributed by atoms with E-state index in [0.29, 0.717) is 11.0 Å². The SMILES string of the molecule is CC(C)c1ccccc1-n1c(SCC(=O)Nc2ccccc2C(F)(F)F)nnc1-c1cccnc1. The summed E-state index contributed by atoms with van der Waals surface area (Å²) in [5, 5.41) is 11.4. The van der Waals surface area contributed by atoms with Crippen molar-refractivity contribution in [1.82, 2.24) is 19.7 Å². The van der Waals surface area contributed by atoms with E-state index >= 15 is 0 Å². The van der Waals surface area contributed by atoms with E-state index in [-0.39, 0.29) is 17.4 Å². The van der Waals surface area contributed by atoms with Crippen molar-refractivity contribution in [1.29, 1.82) is 0 Å². The minimum Gasteiger partial charge on any atom is -0.325 e. The fourth-order valence-electron chi connectivity index (χ4n) is 3.60. The van der Waals surface area contributed by atoms with Crippen LogP contribution < -0.4 is 5.32 Å². The Morgan fingerprint density at radius 2 is 1.77 bits per heavy atom. The van der Waals surface area contributed by atoms with Crippen molar-refractivity contribution < 1.29 is 18.0 Å². The molecule has 0 aliphatic heterocycles. The Bertz CT molecular complexity index is 1320. The minimum atomic E-state index is -4.57. The fraction of sp³-hybridized carbons (Fsp3) is 0.200. The Morgan fingerprint density at radius 3 is 2.49 bits per heavy atom. The summed E-state index contributed by atoms with van der Waals surface area (Å²) in [6, 6.07) is 16.4. The molecule has 4 rings (SSSR count). The zero-order valence-electron chi connectivity index (χ0n) is 19.0. The van der Waals surface area contributed by atoms with E-state index in [2.05, 4.69) is 34.3 Å². The van der Waals surface area contributed by atoms with Gasteiger partial charge in [0.2, 0.25) is 5.91 Å². The van der Waals surface area contributed by atoms with Gasteiger partial charge in [-0.05, 0) is 41.8 Å². The van der Waals surface area contributed by atoms with Crippen LogP contribution >= 0.6 is 11.8 Å². The lowest BCUT2D eigenvalue weighted by Gasteiger charge is -2.17. The Balaban J connectivity index is 1.64. The molecule has 0 aliphatic rings. The van der Waals surface area contributed by atoms with Gasteiger partial charge in [0.05, 0.1) is 22.7 Å². The number of carbonyl (C=O) groups is 1. The summed E-state index contributed by atoms with van der Waals surface area (Å²) in [6.07, 6.45) is -1.24. The third kappa shape index (κ3) is 5.54. The number of pyridine rings is 1. The normalized spacial score (nSPS) is 11.6. The van der Waals surface area contributed by atoms with Gasteiger partial charge in [0, 0.05) is 18.0 Å². The third-order valence-electron chi connectivity index (χ3n) is 5.19. The quantitative estimate of drug-likeness (QED) is 0.308. The smallest absolute Gasteiger partial charge is 0.325 e. The maximum atomic E-state index is 13.3. The molecule has 0 fully saturated rings. The predicted molar refractivity (Wildman–Crippen MR) is 129 cm³/mol. The van der Waals surface area contributed by atoms with Crippen LogP contribution in [-0.4, -0.2) is 31.4 Å². The number of nitrogens with one attached hydrogen (secondary N) is 1. The van der Waals surface area contributed by atoms with Crippen molar-refractivity contribution >= 4 is 23.4 Å². The summed E-state index contributed by atoms with van der Waals surface area (Å²) >= 11 is 1.09. The molecule has 0 saturated heterocycles. The Morgan fingerprint density at radius 1 is 1.03 bits per heavy atom. The first-order valence-corrected chi connectivity index (χ1v) is 11.8. The molecule has 0 bridgehead atoms. The van der Waals surface area contributed by atoms with Crippen LogP contribution in [0, 0.1) is 0 Å². The molecular formula is C25H22F3N5OS. The maximum Gasteiger partial charge on any atom is 0.418 e. The number of para-hydroxylation sites is 2. The first-order valence-electron chi connectivity index (χ1n) is 10.8. The molecule has 0 atom stereocenters. The first-order chi connectivity index (χ1) is 16.8. The van der Waals surface area contributed by atoms with Crippen molar-refractivity contribution in [3.8, 4) is 17.1 Å². The highest BCUT2D eigenvalue weighted by Gasteiger charge is 2.33. The van der Waals surface area contributed by atoms with Crippen molar-refractivity contribution in [2.45, 2.75) is 31.1 Å². The number of anilines is 1. The lowest BCUT2D eigenvalue weighted by atomic mass is 10.0. The molecule has 1 amide bonds. The molecule has 6 nitrogen and oxygen atoms in total. The molecule has 10 heteroatoms. The van der Waals surface area contributed by atoms with Crippen LogP contribution in [-0.2, 0) is 11.0 Å². The Kier molecular flexibility index (Phi) is 7.20. The molecule has 2 heterocycles. The largest absolute Gasteiger partial charge is 0.418 e. The Hall–Kier alpha value is -3.66. The van der Waals surface area contributed by atoms with Gasteiger partial charge in [-0.2, -0.15) is 13.2 Å². The molecule has 2 aromatic carbocycles. The zero-order chi connectivity index (χ0) is 25.0. The number of amides is 1. The molecule has 4 aromatic rings. The van der Waals surface area contributed by atoms with Gasteiger partial charge in [0.25, 0.3) is 0 Å². The molecule has 35 heavy (non-hydrogen) atoms. The van der Waals surface area contributed by atoms with E-state index in [1.54, 1.807) is 18.5 Å². The second-order valence-corrected chi connectivity index (χ2v) is 8.92. The van der Waals surface area contributed by atoms with Crippen LogP contribution in [0.3, 0.4) is 0 Å². The molecule has 0 radical (unpaired) electrons. The van der Waals surface area contributed by atoms with E-state index in [1.165, 1.54) is 18.2 Å². The standard InChI is InChI=1S/C25H22F3N5OS/c1-16(2)18-9-3-6-12-21(18)33-23(17-8-7-13-29-14-17)31-32-24(33)35-15-22(34)30-20-11-5-4-10-19(20)25(26,27)28/h3-14,16H,15H2,1-2H3,(H,30,34). The number of aromatic nitrogens is 4. The van der Waals surface area contributed by atoms with E-state index in [1.807, 2.05) is 34.9 Å². The number of hydrogen-bond acceptors (Lipinski definition) is 5. The number of alkyl halides is 3. The van der Waals surface area contributed by atoms with E-state index < -0.39 is 17.6 Å². The fourth-order valence-corrected chi connectivity index (χ4v) is 4.34. The molecule has 0 aliphatic carbocycles. The van der Waals surface area contributed by atoms with Crippen LogP contribution in [0.2, 0.25) is 0 Å². The van der Waals surface area contributed by atoms with Crippen LogP contribution in [0.4, 0.5) is 18.9 Å². The van der Waals surface area contributed by atoms with E-state index in [9.17, 15) is 18.0 Å². The second kappa shape index (κ2) is 10.3. The summed E-state index contributed by atoms with van der Waals surface area (Å²) in [5.41, 5.74) is 1.48. The van der Waals surface area contributed by atoms with Crippen LogP contribution in [0.25, 0.3) is 17.1 Å². The minimum absolute atomic E-state index is 0.152. The van der Waals surface area contributed by atoms with Gasteiger partial charge in [-0.1, -0.05) is 55.9 Å². The number of hydrogen-bond donors (Lipinski definition) is 1. The second-order valence-electron chi connectivity index (χ2n) is 7.98. The predicted octanol–water partition coefficient (Wildman–Crippen LogP) is 6.20. The van der Waals surface area contributed by atoms with Gasteiger partial charge in [-0.3, -0.25) is 14.3 Å². The molecule has 0 unspecified atom stereocenters. The number of rotatable bonds is 7. The van der Waals surface area contributed by atoms with Crippen LogP contribution in [0.15, 0.2) is 78.2 Å². The average Bonchev–Trinajstić information content (AvgIpc) is 3.27. The zero-order valence-corrected chi connectivity index (χ0v) is 19.8. The molecule has 0 saturated carbocycles. The van der Waals surface area contributed by atoms with Gasteiger partial charge < -0.3 is 5.32 Å². The van der Waals surface area contributed by atoms with Gasteiger partial charge >= 0.3 is 6.18 Å². The van der Waals surface area contributed by atoms with Gasteiger partial charge in [0.15, 0.2) is 11.0 Å². The topological polar surface area (TPSA) is 72.7 Å². The molecule has 1 N–H and O–H groups in total. The summed E-state index contributed by atoms with van der Waals surface area (Å²) < 4.78 is 41.7. The van der Waals surface area contributed by atoms with Crippen molar-refractivity contribution in [2.75, 3.05) is 11.1 Å². The highest BCUT2D eigenvalue weighted by molar-refractivity contribution is 7.99. The maximum absolute atomic E-state index is 13.3. The first kappa shape index (κ1) is 24.5. The monoisotopic (exact) mass is 497 g/mol. The lowest BCUT2D eigenvalue weighted by molar-refractivity contribution is -0.137. The number of carbonyl (C=O) groups excluding carboxylic acids is 1. The van der Waals surface area contributed by atoms with Crippen molar-refractivity contribution in [2.24, 2.45) is 0 Å².